The molecule has 110 valence electrons. The van der Waals surface area contributed by atoms with Gasteiger partial charge in [0.15, 0.2) is 6.73 Å². The van der Waals surface area contributed by atoms with Crippen LogP contribution in [0.3, 0.4) is 0 Å². The molecule has 0 radical (unpaired) electrons. The van der Waals surface area contributed by atoms with Gasteiger partial charge in [-0.1, -0.05) is 36.4 Å². The molecule has 4 rings (SSSR count). The van der Waals surface area contributed by atoms with Crippen LogP contribution < -0.4 is 14.4 Å². The molecular formula is C19H17NO2. The molecule has 0 spiro atoms. The van der Waals surface area contributed by atoms with Gasteiger partial charge in [-0.3, -0.25) is 0 Å². The average molecular weight is 291 g/mol. The quantitative estimate of drug-likeness (QED) is 0.706. The van der Waals surface area contributed by atoms with Crippen molar-refractivity contribution in [1.29, 1.82) is 0 Å². The second kappa shape index (κ2) is 5.26. The zero-order chi connectivity index (χ0) is 14.9. The molecule has 0 unspecified atom stereocenters. The zero-order valence-electron chi connectivity index (χ0n) is 12.5. The summed E-state index contributed by atoms with van der Waals surface area (Å²) in [4.78, 5) is 2.22. The third-order valence-corrected chi connectivity index (χ3v) is 4.12. The standard InChI is InChI=1S/C19H17NO2/c1-21-17-10-8-16(9-11-17)20-12-15-7-6-14-4-2-3-5-18(14)19(15)22-13-20/h2-11H,12-13H2,1H3. The lowest BCUT2D eigenvalue weighted by Crippen LogP contribution is -2.31. The third kappa shape index (κ3) is 2.15. The maximum atomic E-state index is 6.06. The lowest BCUT2D eigenvalue weighted by molar-refractivity contribution is 0.293. The molecule has 0 bridgehead atoms. The van der Waals surface area contributed by atoms with Gasteiger partial charge in [0, 0.05) is 23.2 Å². The van der Waals surface area contributed by atoms with Gasteiger partial charge in [-0.05, 0) is 29.7 Å². The topological polar surface area (TPSA) is 21.7 Å². The first-order valence-corrected chi connectivity index (χ1v) is 7.37. The van der Waals surface area contributed by atoms with E-state index in [1.807, 2.05) is 12.1 Å². The predicted molar refractivity (Wildman–Crippen MR) is 88.6 cm³/mol. The number of anilines is 1. The van der Waals surface area contributed by atoms with E-state index in [1.54, 1.807) is 7.11 Å². The van der Waals surface area contributed by atoms with E-state index in [2.05, 4.69) is 53.4 Å². The fourth-order valence-corrected chi connectivity index (χ4v) is 2.94. The van der Waals surface area contributed by atoms with E-state index >= 15 is 0 Å². The molecule has 3 aromatic rings. The maximum Gasteiger partial charge on any atom is 0.161 e. The molecule has 0 saturated heterocycles. The van der Waals surface area contributed by atoms with E-state index in [-0.39, 0.29) is 0 Å². The average Bonchev–Trinajstić information content (AvgIpc) is 2.61. The first kappa shape index (κ1) is 13.0. The summed E-state index contributed by atoms with van der Waals surface area (Å²) in [6.07, 6.45) is 0. The number of ether oxygens (including phenoxy) is 2. The molecular weight excluding hydrogens is 274 g/mol. The summed E-state index contributed by atoms with van der Waals surface area (Å²) in [7, 11) is 1.68. The maximum absolute atomic E-state index is 6.06. The van der Waals surface area contributed by atoms with Crippen LogP contribution in [0.15, 0.2) is 60.7 Å². The van der Waals surface area contributed by atoms with Crippen molar-refractivity contribution in [3.05, 3.63) is 66.2 Å². The van der Waals surface area contributed by atoms with Crippen molar-refractivity contribution in [1.82, 2.24) is 0 Å². The lowest BCUT2D eigenvalue weighted by Gasteiger charge is -2.31. The van der Waals surface area contributed by atoms with Crippen LogP contribution in [0.5, 0.6) is 11.5 Å². The number of nitrogens with zero attached hydrogens (tertiary/aromatic N) is 1. The van der Waals surface area contributed by atoms with Gasteiger partial charge in [0.1, 0.15) is 11.5 Å². The largest absolute Gasteiger partial charge is 0.497 e. The number of hydrogen-bond acceptors (Lipinski definition) is 3. The fraction of sp³-hybridized carbons (Fsp3) is 0.158. The van der Waals surface area contributed by atoms with Crippen LogP contribution in [-0.4, -0.2) is 13.8 Å². The van der Waals surface area contributed by atoms with Gasteiger partial charge in [-0.2, -0.15) is 0 Å². The SMILES string of the molecule is COc1ccc(N2COc3c(ccc4ccccc34)C2)cc1. The summed E-state index contributed by atoms with van der Waals surface area (Å²) in [5.74, 6) is 1.89. The second-order valence-electron chi connectivity index (χ2n) is 5.44. The highest BCUT2D eigenvalue weighted by Gasteiger charge is 2.19. The van der Waals surface area contributed by atoms with Gasteiger partial charge in [0.25, 0.3) is 0 Å². The Morgan fingerprint density at radius 3 is 2.59 bits per heavy atom. The fourth-order valence-electron chi connectivity index (χ4n) is 2.94. The summed E-state index contributed by atoms with van der Waals surface area (Å²) in [5.41, 5.74) is 2.36. The molecule has 22 heavy (non-hydrogen) atoms. The van der Waals surface area contributed by atoms with Gasteiger partial charge in [-0.15, -0.1) is 0 Å². The molecule has 0 aliphatic carbocycles. The summed E-state index contributed by atoms with van der Waals surface area (Å²) in [6, 6.07) is 20.8. The van der Waals surface area contributed by atoms with Crippen LogP contribution in [0, 0.1) is 0 Å². The Hall–Kier alpha value is -2.68. The van der Waals surface area contributed by atoms with E-state index in [9.17, 15) is 0 Å². The van der Waals surface area contributed by atoms with Gasteiger partial charge < -0.3 is 14.4 Å². The van der Waals surface area contributed by atoms with Crippen molar-refractivity contribution in [2.45, 2.75) is 6.54 Å². The molecule has 1 heterocycles. The van der Waals surface area contributed by atoms with Gasteiger partial charge in [0.05, 0.1) is 7.11 Å². The highest BCUT2D eigenvalue weighted by Crippen LogP contribution is 2.35. The van der Waals surface area contributed by atoms with Crippen LogP contribution in [-0.2, 0) is 6.54 Å². The highest BCUT2D eigenvalue weighted by atomic mass is 16.5. The van der Waals surface area contributed by atoms with Crippen molar-refractivity contribution in [3.63, 3.8) is 0 Å². The first-order chi connectivity index (χ1) is 10.8. The van der Waals surface area contributed by atoms with Crippen molar-refractivity contribution in [3.8, 4) is 11.5 Å². The number of hydrogen-bond donors (Lipinski definition) is 0. The van der Waals surface area contributed by atoms with Crippen molar-refractivity contribution in [2.75, 3.05) is 18.7 Å². The predicted octanol–water partition coefficient (Wildman–Crippen LogP) is 4.20. The molecule has 3 nitrogen and oxygen atoms in total. The number of fused-ring (bicyclic) bond motifs is 3. The number of benzene rings is 3. The minimum absolute atomic E-state index is 0.563. The molecule has 0 aromatic heterocycles. The Kier molecular flexibility index (Phi) is 3.11. The Morgan fingerprint density at radius 2 is 1.77 bits per heavy atom. The van der Waals surface area contributed by atoms with Crippen LogP contribution >= 0.6 is 0 Å². The van der Waals surface area contributed by atoms with E-state index in [0.29, 0.717) is 6.73 Å². The summed E-state index contributed by atoms with van der Waals surface area (Å²) in [6.45, 7) is 1.42. The third-order valence-electron chi connectivity index (χ3n) is 4.12. The molecule has 3 aromatic carbocycles. The number of rotatable bonds is 2. The second-order valence-corrected chi connectivity index (χ2v) is 5.44. The van der Waals surface area contributed by atoms with Crippen LogP contribution in [0.25, 0.3) is 10.8 Å². The van der Waals surface area contributed by atoms with Gasteiger partial charge >= 0.3 is 0 Å². The molecule has 0 saturated carbocycles. The zero-order valence-corrected chi connectivity index (χ0v) is 12.5. The number of methoxy groups -OCH3 is 1. The Bertz CT molecular complexity index is 811. The van der Waals surface area contributed by atoms with E-state index < -0.39 is 0 Å². The monoisotopic (exact) mass is 291 g/mol. The minimum atomic E-state index is 0.563. The van der Waals surface area contributed by atoms with Crippen molar-refractivity contribution >= 4 is 16.5 Å². The smallest absolute Gasteiger partial charge is 0.161 e. The Balaban J connectivity index is 1.67. The van der Waals surface area contributed by atoms with E-state index in [1.165, 1.54) is 16.3 Å². The molecule has 3 heteroatoms. The lowest BCUT2D eigenvalue weighted by atomic mass is 10.0. The minimum Gasteiger partial charge on any atom is -0.497 e. The van der Waals surface area contributed by atoms with Gasteiger partial charge in [-0.25, -0.2) is 0 Å². The van der Waals surface area contributed by atoms with E-state index in [4.69, 9.17) is 9.47 Å². The van der Waals surface area contributed by atoms with Crippen LogP contribution in [0.1, 0.15) is 5.56 Å². The molecule has 0 amide bonds. The highest BCUT2D eigenvalue weighted by molar-refractivity contribution is 5.90. The molecule has 0 atom stereocenters. The molecule has 1 aliphatic heterocycles. The van der Waals surface area contributed by atoms with E-state index in [0.717, 1.165) is 23.7 Å². The Labute approximate surface area is 129 Å². The van der Waals surface area contributed by atoms with Crippen molar-refractivity contribution in [2.24, 2.45) is 0 Å². The summed E-state index contributed by atoms with van der Waals surface area (Å²) < 4.78 is 11.3. The van der Waals surface area contributed by atoms with Crippen LogP contribution in [0.4, 0.5) is 5.69 Å². The molecule has 1 aliphatic rings. The van der Waals surface area contributed by atoms with Crippen LogP contribution in [0.2, 0.25) is 0 Å². The normalized spacial score (nSPS) is 13.6. The molecule has 0 fully saturated rings. The first-order valence-electron chi connectivity index (χ1n) is 7.37. The van der Waals surface area contributed by atoms with Gasteiger partial charge in [0.2, 0.25) is 0 Å². The summed E-state index contributed by atoms with van der Waals surface area (Å²) in [5, 5.41) is 2.41. The van der Waals surface area contributed by atoms with Crippen molar-refractivity contribution < 1.29 is 9.47 Å². The molecule has 0 N–H and O–H groups in total. The summed E-state index contributed by atoms with van der Waals surface area (Å²) >= 11 is 0. The Morgan fingerprint density at radius 1 is 0.955 bits per heavy atom.